The third-order valence-corrected chi connectivity index (χ3v) is 2.49. The Morgan fingerprint density at radius 3 is 3.00 bits per heavy atom. The van der Waals surface area contributed by atoms with E-state index in [4.69, 9.17) is 0 Å². The van der Waals surface area contributed by atoms with Crippen molar-refractivity contribution in [3.8, 4) is 0 Å². The minimum atomic E-state index is -0.520. The average Bonchev–Trinajstić information content (AvgIpc) is 2.23. The second-order valence-corrected chi connectivity index (χ2v) is 3.29. The predicted octanol–water partition coefficient (Wildman–Crippen LogP) is -0.256. The Balaban J connectivity index is 2.20. The van der Waals surface area contributed by atoms with Crippen LogP contribution < -0.4 is 0 Å². The van der Waals surface area contributed by atoms with Crippen molar-refractivity contribution in [1.29, 1.82) is 0 Å². The molecule has 1 atom stereocenters. The van der Waals surface area contributed by atoms with E-state index in [2.05, 4.69) is 0 Å². The van der Waals surface area contributed by atoms with Crippen LogP contribution in [-0.4, -0.2) is 34.6 Å². The summed E-state index contributed by atoms with van der Waals surface area (Å²) < 4.78 is 0. The molecular formula is C7H11NO2. The summed E-state index contributed by atoms with van der Waals surface area (Å²) >= 11 is 0. The highest BCUT2D eigenvalue weighted by Gasteiger charge is 2.42. The van der Waals surface area contributed by atoms with Gasteiger partial charge in [-0.3, -0.25) is 4.79 Å². The number of rotatable bonds is 0. The number of hydrogen-bond acceptors (Lipinski definition) is 2. The van der Waals surface area contributed by atoms with Crippen molar-refractivity contribution in [3.05, 3.63) is 0 Å². The molecule has 2 saturated heterocycles. The van der Waals surface area contributed by atoms with Crippen molar-refractivity contribution in [3.63, 3.8) is 0 Å². The van der Waals surface area contributed by atoms with Crippen molar-refractivity contribution in [2.45, 2.75) is 24.9 Å². The number of nitrogens with zero attached hydrogens (tertiary/aromatic N) is 1. The molecule has 1 N–H and O–H groups in total. The highest BCUT2D eigenvalue weighted by atomic mass is 16.3. The van der Waals surface area contributed by atoms with Gasteiger partial charge in [-0.25, -0.2) is 0 Å². The first kappa shape index (κ1) is 6.16. The fourth-order valence-corrected chi connectivity index (χ4v) is 1.77. The van der Waals surface area contributed by atoms with Gasteiger partial charge < -0.3 is 10.0 Å². The van der Waals surface area contributed by atoms with Crippen molar-refractivity contribution in [1.82, 2.24) is 4.90 Å². The summed E-state index contributed by atoms with van der Waals surface area (Å²) in [6.45, 7) is 1.33. The summed E-state index contributed by atoms with van der Waals surface area (Å²) in [7, 11) is 0. The van der Waals surface area contributed by atoms with Crippen molar-refractivity contribution >= 4 is 5.91 Å². The molecule has 1 amide bonds. The lowest BCUT2D eigenvalue weighted by atomic mass is 9.95. The average molecular weight is 141 g/mol. The molecule has 3 heteroatoms. The Labute approximate surface area is 59.6 Å². The minimum Gasteiger partial charge on any atom is -0.388 e. The Morgan fingerprint density at radius 1 is 1.50 bits per heavy atom. The Bertz CT molecular complexity index is 180. The maximum Gasteiger partial charge on any atom is 0.222 e. The van der Waals surface area contributed by atoms with Crippen LogP contribution in [0, 0.1) is 0 Å². The topological polar surface area (TPSA) is 40.5 Å². The van der Waals surface area contributed by atoms with Crippen LogP contribution in [0.5, 0.6) is 0 Å². The van der Waals surface area contributed by atoms with Gasteiger partial charge in [0.05, 0.1) is 5.60 Å². The molecule has 2 bridgehead atoms. The molecule has 0 saturated carbocycles. The number of piperidine rings is 1. The summed E-state index contributed by atoms with van der Waals surface area (Å²) in [6, 6.07) is 0. The molecule has 0 aromatic carbocycles. The Morgan fingerprint density at radius 2 is 2.30 bits per heavy atom. The quantitative estimate of drug-likeness (QED) is 0.505. The van der Waals surface area contributed by atoms with Gasteiger partial charge in [-0.05, 0) is 12.8 Å². The summed E-state index contributed by atoms with van der Waals surface area (Å²) in [5, 5.41) is 9.65. The number of hydrogen-bond donors (Lipinski definition) is 1. The van der Waals surface area contributed by atoms with Crippen LogP contribution >= 0.6 is 0 Å². The van der Waals surface area contributed by atoms with Gasteiger partial charge in [0.2, 0.25) is 5.91 Å². The highest BCUT2D eigenvalue weighted by Crippen LogP contribution is 2.31. The van der Waals surface area contributed by atoms with E-state index in [9.17, 15) is 9.90 Å². The van der Waals surface area contributed by atoms with Crippen LogP contribution in [0.4, 0.5) is 0 Å². The van der Waals surface area contributed by atoms with Crippen LogP contribution in [-0.2, 0) is 4.79 Å². The zero-order valence-electron chi connectivity index (χ0n) is 5.84. The van der Waals surface area contributed by atoms with E-state index in [1.807, 2.05) is 0 Å². The fraction of sp³-hybridized carbons (Fsp3) is 0.857. The predicted molar refractivity (Wildman–Crippen MR) is 35.4 cm³/mol. The van der Waals surface area contributed by atoms with Gasteiger partial charge >= 0.3 is 0 Å². The van der Waals surface area contributed by atoms with E-state index in [1.165, 1.54) is 0 Å². The first-order valence-electron chi connectivity index (χ1n) is 3.70. The van der Waals surface area contributed by atoms with Crippen LogP contribution in [0.3, 0.4) is 0 Å². The van der Waals surface area contributed by atoms with E-state index in [-0.39, 0.29) is 5.91 Å². The third kappa shape index (κ3) is 0.736. The van der Waals surface area contributed by atoms with Crippen LogP contribution in [0.25, 0.3) is 0 Å². The first-order chi connectivity index (χ1) is 4.70. The standard InChI is InChI=1S/C7H11NO2/c9-6-1-2-7(10)3-4-8(6)5-7/h10H,1-5H2. The van der Waals surface area contributed by atoms with Crippen molar-refractivity contribution in [2.75, 3.05) is 13.1 Å². The van der Waals surface area contributed by atoms with Crippen LogP contribution in [0.1, 0.15) is 19.3 Å². The lowest BCUT2D eigenvalue weighted by molar-refractivity contribution is -0.135. The van der Waals surface area contributed by atoms with Crippen LogP contribution in [0.15, 0.2) is 0 Å². The summed E-state index contributed by atoms with van der Waals surface area (Å²) in [5.41, 5.74) is -0.520. The summed E-state index contributed by atoms with van der Waals surface area (Å²) in [5.74, 6) is 0.210. The van der Waals surface area contributed by atoms with Gasteiger partial charge in [-0.15, -0.1) is 0 Å². The minimum absolute atomic E-state index is 0.210. The number of fused-ring (bicyclic) bond motifs is 2. The molecule has 0 aromatic rings. The molecule has 0 aliphatic carbocycles. The maximum absolute atomic E-state index is 11.0. The zero-order valence-corrected chi connectivity index (χ0v) is 5.84. The lowest BCUT2D eigenvalue weighted by Gasteiger charge is -2.28. The normalized spacial score (nSPS) is 38.9. The third-order valence-electron chi connectivity index (χ3n) is 2.49. The molecule has 2 fully saturated rings. The van der Waals surface area contributed by atoms with Crippen molar-refractivity contribution < 1.29 is 9.90 Å². The van der Waals surface area contributed by atoms with E-state index >= 15 is 0 Å². The van der Waals surface area contributed by atoms with Gasteiger partial charge in [0.15, 0.2) is 0 Å². The molecule has 2 aliphatic heterocycles. The zero-order chi connectivity index (χ0) is 7.19. The second-order valence-electron chi connectivity index (χ2n) is 3.29. The molecule has 0 radical (unpaired) electrons. The number of amides is 1. The van der Waals surface area contributed by atoms with E-state index < -0.39 is 5.60 Å². The van der Waals surface area contributed by atoms with E-state index in [0.717, 1.165) is 13.0 Å². The first-order valence-corrected chi connectivity index (χ1v) is 3.70. The molecule has 2 rings (SSSR count). The molecule has 0 aromatic heterocycles. The summed E-state index contributed by atoms with van der Waals surface area (Å²) in [6.07, 6.45) is 1.98. The molecular weight excluding hydrogens is 130 g/mol. The number of carbonyl (C=O) groups excluding carboxylic acids is 1. The van der Waals surface area contributed by atoms with Gasteiger partial charge in [0.1, 0.15) is 0 Å². The monoisotopic (exact) mass is 141 g/mol. The second kappa shape index (κ2) is 1.72. The van der Waals surface area contributed by atoms with E-state index in [1.54, 1.807) is 4.90 Å². The maximum atomic E-state index is 11.0. The number of carbonyl (C=O) groups is 1. The van der Waals surface area contributed by atoms with Crippen molar-refractivity contribution in [2.24, 2.45) is 0 Å². The molecule has 0 spiro atoms. The SMILES string of the molecule is O=C1CCC2(O)CCN1C2. The Hall–Kier alpha value is -0.570. The molecule has 1 unspecified atom stereocenters. The van der Waals surface area contributed by atoms with Gasteiger partial charge in [0.25, 0.3) is 0 Å². The molecule has 2 heterocycles. The lowest BCUT2D eigenvalue weighted by Crippen LogP contribution is -2.41. The fourth-order valence-electron chi connectivity index (χ4n) is 1.77. The van der Waals surface area contributed by atoms with E-state index in [0.29, 0.717) is 19.4 Å². The molecule has 10 heavy (non-hydrogen) atoms. The van der Waals surface area contributed by atoms with Gasteiger partial charge in [0, 0.05) is 19.5 Å². The largest absolute Gasteiger partial charge is 0.388 e. The number of aliphatic hydroxyl groups is 1. The van der Waals surface area contributed by atoms with Gasteiger partial charge in [-0.2, -0.15) is 0 Å². The summed E-state index contributed by atoms with van der Waals surface area (Å²) in [4.78, 5) is 12.8. The smallest absolute Gasteiger partial charge is 0.222 e. The molecule has 56 valence electrons. The van der Waals surface area contributed by atoms with Crippen LogP contribution in [0.2, 0.25) is 0 Å². The van der Waals surface area contributed by atoms with Gasteiger partial charge in [-0.1, -0.05) is 0 Å². The Kier molecular flexibility index (Phi) is 1.06. The molecule has 2 aliphatic rings. The molecule has 3 nitrogen and oxygen atoms in total. The highest BCUT2D eigenvalue weighted by molar-refractivity contribution is 5.77.